The molecule has 19 heavy (non-hydrogen) atoms. The highest BCUT2D eigenvalue weighted by molar-refractivity contribution is 9.10. The normalized spacial score (nSPS) is 10.3. The minimum absolute atomic E-state index is 0.110. The highest BCUT2D eigenvalue weighted by Crippen LogP contribution is 2.22. The molecule has 0 bridgehead atoms. The Morgan fingerprint density at radius 2 is 2.16 bits per heavy atom. The molecule has 0 spiro atoms. The maximum atomic E-state index is 11.8. The fraction of sp³-hybridized carbons (Fsp3) is 0.154. The molecular formula is C13H11BrN2O3. The molecule has 1 aromatic heterocycles. The topological polar surface area (TPSA) is 72.0 Å². The Bertz CT molecular complexity index is 695. The van der Waals surface area contributed by atoms with Crippen molar-refractivity contribution >= 4 is 21.9 Å². The fourth-order valence-electron chi connectivity index (χ4n) is 1.68. The van der Waals surface area contributed by atoms with E-state index < -0.39 is 11.5 Å². The largest absolute Gasteiger partial charge is 0.465 e. The highest BCUT2D eigenvalue weighted by atomic mass is 79.9. The standard InChI is InChI=1S/C13H11BrN2O3/c1-7-5-8(14)3-4-9(7)11-15-6-10(12(17)16-11)13(18)19-2/h3-6H,1-2H3,(H,15,16,17). The van der Waals surface area contributed by atoms with Crippen LogP contribution < -0.4 is 5.56 Å². The van der Waals surface area contributed by atoms with Gasteiger partial charge in [-0.3, -0.25) is 4.79 Å². The highest BCUT2D eigenvalue weighted by Gasteiger charge is 2.13. The smallest absolute Gasteiger partial charge is 0.345 e. The van der Waals surface area contributed by atoms with E-state index in [1.165, 1.54) is 13.3 Å². The van der Waals surface area contributed by atoms with E-state index in [0.29, 0.717) is 5.82 Å². The van der Waals surface area contributed by atoms with Gasteiger partial charge in [0.05, 0.1) is 7.11 Å². The zero-order valence-corrected chi connectivity index (χ0v) is 11.9. The maximum absolute atomic E-state index is 11.8. The van der Waals surface area contributed by atoms with E-state index in [1.54, 1.807) is 0 Å². The van der Waals surface area contributed by atoms with Gasteiger partial charge in [-0.1, -0.05) is 15.9 Å². The summed E-state index contributed by atoms with van der Waals surface area (Å²) in [4.78, 5) is 29.8. The van der Waals surface area contributed by atoms with Crippen molar-refractivity contribution in [2.45, 2.75) is 6.92 Å². The fourth-order valence-corrected chi connectivity index (χ4v) is 2.16. The summed E-state index contributed by atoms with van der Waals surface area (Å²) in [6, 6.07) is 5.62. The van der Waals surface area contributed by atoms with E-state index in [2.05, 4.69) is 30.6 Å². The van der Waals surface area contributed by atoms with Crippen LogP contribution >= 0.6 is 15.9 Å². The number of ether oxygens (including phenoxy) is 1. The Labute approximate surface area is 117 Å². The first-order valence-electron chi connectivity index (χ1n) is 5.47. The van der Waals surface area contributed by atoms with Crippen molar-refractivity contribution in [1.29, 1.82) is 0 Å². The second-order valence-corrected chi connectivity index (χ2v) is 4.84. The summed E-state index contributed by atoms with van der Waals surface area (Å²) in [6.07, 6.45) is 1.22. The van der Waals surface area contributed by atoms with Gasteiger partial charge in [0.25, 0.3) is 5.56 Å². The molecule has 2 rings (SSSR count). The first kappa shape index (κ1) is 13.5. The van der Waals surface area contributed by atoms with Crippen LogP contribution in [-0.4, -0.2) is 23.0 Å². The molecule has 0 aliphatic rings. The van der Waals surface area contributed by atoms with E-state index in [9.17, 15) is 9.59 Å². The number of methoxy groups -OCH3 is 1. The lowest BCUT2D eigenvalue weighted by atomic mass is 10.1. The molecule has 1 heterocycles. The molecule has 6 heteroatoms. The van der Waals surface area contributed by atoms with Crippen LogP contribution in [0.5, 0.6) is 0 Å². The minimum Gasteiger partial charge on any atom is -0.465 e. The third-order valence-electron chi connectivity index (χ3n) is 2.65. The predicted molar refractivity (Wildman–Crippen MR) is 74.1 cm³/mol. The van der Waals surface area contributed by atoms with Gasteiger partial charge in [0, 0.05) is 16.2 Å². The molecular weight excluding hydrogens is 312 g/mol. The van der Waals surface area contributed by atoms with Crippen molar-refractivity contribution in [2.24, 2.45) is 0 Å². The molecule has 0 fully saturated rings. The van der Waals surface area contributed by atoms with Crippen LogP contribution in [0.3, 0.4) is 0 Å². The van der Waals surface area contributed by atoms with Gasteiger partial charge in [0.15, 0.2) is 0 Å². The van der Waals surface area contributed by atoms with Gasteiger partial charge >= 0.3 is 5.97 Å². The molecule has 0 saturated carbocycles. The average molecular weight is 323 g/mol. The third kappa shape index (κ3) is 2.73. The molecule has 5 nitrogen and oxygen atoms in total. The van der Waals surface area contributed by atoms with Crippen LogP contribution in [0.1, 0.15) is 15.9 Å². The molecule has 0 atom stereocenters. The van der Waals surface area contributed by atoms with Gasteiger partial charge in [-0.25, -0.2) is 9.78 Å². The van der Waals surface area contributed by atoms with Crippen LogP contribution in [0.15, 0.2) is 33.7 Å². The first-order chi connectivity index (χ1) is 9.02. The number of carbonyl (C=O) groups excluding carboxylic acids is 1. The number of benzene rings is 1. The van der Waals surface area contributed by atoms with Crippen LogP contribution in [-0.2, 0) is 4.74 Å². The molecule has 2 aromatic rings. The SMILES string of the molecule is COC(=O)c1cnc(-c2ccc(Br)cc2C)[nH]c1=O. The van der Waals surface area contributed by atoms with Crippen molar-refractivity contribution < 1.29 is 9.53 Å². The number of halogens is 1. The number of H-pyrrole nitrogens is 1. The van der Waals surface area contributed by atoms with Crippen molar-refractivity contribution in [3.05, 3.63) is 50.3 Å². The lowest BCUT2D eigenvalue weighted by Crippen LogP contribution is -2.20. The summed E-state index contributed by atoms with van der Waals surface area (Å²) in [7, 11) is 1.22. The average Bonchev–Trinajstić information content (AvgIpc) is 2.37. The number of esters is 1. The van der Waals surface area contributed by atoms with Gasteiger partial charge < -0.3 is 9.72 Å². The van der Waals surface area contributed by atoms with Gasteiger partial charge in [-0.2, -0.15) is 0 Å². The first-order valence-corrected chi connectivity index (χ1v) is 6.26. The Morgan fingerprint density at radius 3 is 2.74 bits per heavy atom. The molecule has 0 aliphatic heterocycles. The summed E-state index contributed by atoms with van der Waals surface area (Å²) >= 11 is 3.37. The quantitative estimate of drug-likeness (QED) is 0.861. The van der Waals surface area contributed by atoms with Crippen LogP contribution in [0.2, 0.25) is 0 Å². The van der Waals surface area contributed by atoms with Gasteiger partial charge in [-0.15, -0.1) is 0 Å². The number of hydrogen-bond donors (Lipinski definition) is 1. The molecule has 0 amide bonds. The second-order valence-electron chi connectivity index (χ2n) is 3.93. The molecule has 0 saturated heterocycles. The van der Waals surface area contributed by atoms with Crippen molar-refractivity contribution in [3.63, 3.8) is 0 Å². The molecule has 1 N–H and O–H groups in total. The van der Waals surface area contributed by atoms with Crippen molar-refractivity contribution in [1.82, 2.24) is 9.97 Å². The number of carbonyl (C=O) groups is 1. The van der Waals surface area contributed by atoms with E-state index in [1.807, 2.05) is 25.1 Å². The zero-order valence-electron chi connectivity index (χ0n) is 10.4. The van der Waals surface area contributed by atoms with Gasteiger partial charge in [0.1, 0.15) is 11.4 Å². The predicted octanol–water partition coefficient (Wildman–Crippen LogP) is 2.29. The van der Waals surface area contributed by atoms with Crippen LogP contribution in [0.25, 0.3) is 11.4 Å². The monoisotopic (exact) mass is 322 g/mol. The number of hydrogen-bond acceptors (Lipinski definition) is 4. The number of nitrogens with one attached hydrogen (secondary N) is 1. The molecule has 98 valence electrons. The molecule has 0 unspecified atom stereocenters. The molecule has 0 aliphatic carbocycles. The van der Waals surface area contributed by atoms with E-state index >= 15 is 0 Å². The second kappa shape index (κ2) is 5.36. The number of rotatable bonds is 2. The van der Waals surface area contributed by atoms with Crippen molar-refractivity contribution in [2.75, 3.05) is 7.11 Å². The minimum atomic E-state index is -0.701. The molecule has 0 radical (unpaired) electrons. The van der Waals surface area contributed by atoms with Crippen LogP contribution in [0.4, 0.5) is 0 Å². The van der Waals surface area contributed by atoms with Crippen LogP contribution in [0, 0.1) is 6.92 Å². The lowest BCUT2D eigenvalue weighted by Gasteiger charge is -2.06. The Morgan fingerprint density at radius 1 is 1.42 bits per heavy atom. The zero-order chi connectivity index (χ0) is 14.0. The lowest BCUT2D eigenvalue weighted by molar-refractivity contribution is 0.0598. The summed E-state index contributed by atoms with van der Waals surface area (Å²) in [6.45, 7) is 1.91. The van der Waals surface area contributed by atoms with E-state index in [4.69, 9.17) is 0 Å². The van der Waals surface area contributed by atoms with Gasteiger partial charge in [-0.05, 0) is 30.7 Å². The molecule has 1 aromatic carbocycles. The maximum Gasteiger partial charge on any atom is 0.345 e. The van der Waals surface area contributed by atoms with Gasteiger partial charge in [0.2, 0.25) is 0 Å². The Kier molecular flexibility index (Phi) is 3.80. The Hall–Kier alpha value is -1.95. The number of aromatic nitrogens is 2. The summed E-state index contributed by atoms with van der Waals surface area (Å²) in [5, 5.41) is 0. The number of nitrogens with zero attached hydrogens (tertiary/aromatic N) is 1. The van der Waals surface area contributed by atoms with E-state index in [-0.39, 0.29) is 5.56 Å². The number of aromatic amines is 1. The summed E-state index contributed by atoms with van der Waals surface area (Å²) in [5.74, 6) is -0.282. The Balaban J connectivity index is 2.50. The van der Waals surface area contributed by atoms with Crippen molar-refractivity contribution in [3.8, 4) is 11.4 Å². The summed E-state index contributed by atoms with van der Waals surface area (Å²) < 4.78 is 5.44. The van der Waals surface area contributed by atoms with E-state index in [0.717, 1.165) is 15.6 Å². The third-order valence-corrected chi connectivity index (χ3v) is 3.14. The number of aryl methyl sites for hydroxylation is 1. The summed E-state index contributed by atoms with van der Waals surface area (Å²) in [5.41, 5.74) is 1.14.